The van der Waals surface area contributed by atoms with E-state index in [1.165, 1.54) is 43.4 Å². The summed E-state index contributed by atoms with van der Waals surface area (Å²) in [5.41, 5.74) is 1.98. The lowest BCUT2D eigenvalue weighted by molar-refractivity contribution is -0.136. The number of thiazole rings is 1. The second-order valence-electron chi connectivity index (χ2n) is 4.95. The summed E-state index contributed by atoms with van der Waals surface area (Å²) < 4.78 is 1.95. The Morgan fingerprint density at radius 3 is 2.94 bits per heavy atom. The van der Waals surface area contributed by atoms with Gasteiger partial charge in [0.1, 0.15) is 0 Å². The molecule has 0 atom stereocenters. The molecule has 4 nitrogen and oxygen atoms in total. The van der Waals surface area contributed by atoms with Crippen LogP contribution in [0.4, 0.5) is 0 Å². The fourth-order valence-electron chi connectivity index (χ4n) is 2.72. The number of hydrogen-bond donors (Lipinski definition) is 1. The standard InChI is InChI=1S/C13H16N2O2S/c16-12(17)6-10-8-18-13-14-11(7-15(10)13)9-4-2-1-3-5-9/h7-9H,1-6H2,(H,16,17). The van der Waals surface area contributed by atoms with Gasteiger partial charge in [-0.2, -0.15) is 0 Å². The maximum absolute atomic E-state index is 10.8. The van der Waals surface area contributed by atoms with E-state index in [1.807, 2.05) is 16.0 Å². The number of aromatic nitrogens is 2. The van der Waals surface area contributed by atoms with Crippen molar-refractivity contribution in [2.45, 2.75) is 44.4 Å². The smallest absolute Gasteiger partial charge is 0.309 e. The molecule has 1 aliphatic carbocycles. The van der Waals surface area contributed by atoms with Gasteiger partial charge >= 0.3 is 5.97 Å². The third-order valence-electron chi connectivity index (χ3n) is 3.66. The maximum atomic E-state index is 10.8. The van der Waals surface area contributed by atoms with Gasteiger partial charge in [-0.1, -0.05) is 19.3 Å². The lowest BCUT2D eigenvalue weighted by Crippen LogP contribution is -2.05. The van der Waals surface area contributed by atoms with Crippen LogP contribution in [0.15, 0.2) is 11.6 Å². The number of carboxylic acid groups (broad SMARTS) is 1. The molecule has 0 bridgehead atoms. The summed E-state index contributed by atoms with van der Waals surface area (Å²) >= 11 is 1.53. The predicted octanol–water partition coefficient (Wildman–Crippen LogP) is 3.07. The molecule has 1 aliphatic rings. The van der Waals surface area contributed by atoms with E-state index in [9.17, 15) is 4.79 Å². The van der Waals surface area contributed by atoms with Crippen LogP contribution in [-0.2, 0) is 11.2 Å². The Morgan fingerprint density at radius 2 is 2.22 bits per heavy atom. The number of carboxylic acids is 1. The first-order chi connectivity index (χ1) is 8.74. The first kappa shape index (κ1) is 11.7. The average Bonchev–Trinajstić information content (AvgIpc) is 2.92. The zero-order valence-electron chi connectivity index (χ0n) is 10.1. The molecule has 0 amide bonds. The van der Waals surface area contributed by atoms with Crippen LogP contribution in [0.2, 0.25) is 0 Å². The van der Waals surface area contributed by atoms with Gasteiger partial charge in [-0.15, -0.1) is 11.3 Å². The molecule has 2 heterocycles. The van der Waals surface area contributed by atoms with Gasteiger partial charge in [-0.3, -0.25) is 9.20 Å². The molecule has 0 aromatic carbocycles. The van der Waals surface area contributed by atoms with E-state index in [1.54, 1.807) is 0 Å². The van der Waals surface area contributed by atoms with Gasteiger partial charge in [0.25, 0.3) is 0 Å². The lowest BCUT2D eigenvalue weighted by atomic mass is 9.87. The predicted molar refractivity (Wildman–Crippen MR) is 70.2 cm³/mol. The summed E-state index contributed by atoms with van der Waals surface area (Å²) in [6.45, 7) is 0. The first-order valence-corrected chi connectivity index (χ1v) is 7.29. The van der Waals surface area contributed by atoms with E-state index in [0.717, 1.165) is 16.3 Å². The van der Waals surface area contributed by atoms with Crippen LogP contribution in [0.1, 0.15) is 49.4 Å². The molecule has 1 fully saturated rings. The molecule has 0 saturated heterocycles. The fourth-order valence-corrected chi connectivity index (χ4v) is 3.60. The van der Waals surface area contributed by atoms with E-state index >= 15 is 0 Å². The summed E-state index contributed by atoms with van der Waals surface area (Å²) in [6.07, 6.45) is 8.47. The second-order valence-corrected chi connectivity index (χ2v) is 5.79. The summed E-state index contributed by atoms with van der Waals surface area (Å²) in [4.78, 5) is 16.4. The molecular formula is C13H16N2O2S. The Balaban J connectivity index is 1.90. The van der Waals surface area contributed by atoms with Crippen molar-refractivity contribution in [2.75, 3.05) is 0 Å². The number of rotatable bonds is 3. The highest BCUT2D eigenvalue weighted by atomic mass is 32.1. The van der Waals surface area contributed by atoms with Gasteiger partial charge < -0.3 is 5.11 Å². The third-order valence-corrected chi connectivity index (χ3v) is 4.55. The molecule has 0 unspecified atom stereocenters. The van der Waals surface area contributed by atoms with E-state index in [-0.39, 0.29) is 6.42 Å². The zero-order valence-corrected chi connectivity index (χ0v) is 10.9. The molecule has 2 aromatic heterocycles. The van der Waals surface area contributed by atoms with Gasteiger partial charge in [0.2, 0.25) is 0 Å². The maximum Gasteiger partial charge on any atom is 0.309 e. The monoisotopic (exact) mass is 264 g/mol. The van der Waals surface area contributed by atoms with Crippen molar-refractivity contribution in [3.05, 3.63) is 23.0 Å². The van der Waals surface area contributed by atoms with Gasteiger partial charge in [-0.25, -0.2) is 4.98 Å². The minimum absolute atomic E-state index is 0.0699. The van der Waals surface area contributed by atoms with Crippen LogP contribution in [0.25, 0.3) is 4.96 Å². The normalized spacial score (nSPS) is 17.3. The van der Waals surface area contributed by atoms with E-state index in [4.69, 9.17) is 5.11 Å². The van der Waals surface area contributed by atoms with Crippen molar-refractivity contribution in [1.29, 1.82) is 0 Å². The third kappa shape index (κ3) is 2.14. The van der Waals surface area contributed by atoms with E-state index in [0.29, 0.717) is 5.92 Å². The quantitative estimate of drug-likeness (QED) is 0.927. The fraction of sp³-hybridized carbons (Fsp3) is 0.538. The van der Waals surface area contributed by atoms with Crippen molar-refractivity contribution >= 4 is 22.3 Å². The molecule has 96 valence electrons. The van der Waals surface area contributed by atoms with Crippen molar-refractivity contribution in [3.8, 4) is 0 Å². The Labute approximate surface area is 109 Å². The first-order valence-electron chi connectivity index (χ1n) is 6.41. The number of nitrogens with zero attached hydrogens (tertiary/aromatic N) is 2. The van der Waals surface area contributed by atoms with Crippen molar-refractivity contribution in [2.24, 2.45) is 0 Å². The highest BCUT2D eigenvalue weighted by molar-refractivity contribution is 7.15. The second kappa shape index (κ2) is 4.72. The molecule has 2 aromatic rings. The summed E-state index contributed by atoms with van der Waals surface area (Å²) in [5.74, 6) is -0.217. The zero-order chi connectivity index (χ0) is 12.5. The van der Waals surface area contributed by atoms with Gasteiger partial charge in [0.05, 0.1) is 12.1 Å². The van der Waals surface area contributed by atoms with Gasteiger partial charge in [-0.05, 0) is 12.8 Å². The SMILES string of the molecule is O=C(O)Cc1csc2nc(C3CCCCC3)cn12. The molecule has 0 spiro atoms. The van der Waals surface area contributed by atoms with Crippen LogP contribution in [0.5, 0.6) is 0 Å². The van der Waals surface area contributed by atoms with Crippen LogP contribution in [-0.4, -0.2) is 20.5 Å². The Kier molecular flexibility index (Phi) is 3.07. The van der Waals surface area contributed by atoms with Crippen LogP contribution in [0.3, 0.4) is 0 Å². The highest BCUT2D eigenvalue weighted by Crippen LogP contribution is 2.33. The van der Waals surface area contributed by atoms with Crippen LogP contribution in [0, 0.1) is 0 Å². The number of imidazole rings is 1. The lowest BCUT2D eigenvalue weighted by Gasteiger charge is -2.19. The number of hydrogen-bond acceptors (Lipinski definition) is 3. The number of carbonyl (C=O) groups is 1. The topological polar surface area (TPSA) is 54.6 Å². The summed E-state index contributed by atoms with van der Waals surface area (Å²) in [5, 5.41) is 10.8. The van der Waals surface area contributed by atoms with E-state index in [2.05, 4.69) is 4.98 Å². The molecule has 5 heteroatoms. The average molecular weight is 264 g/mol. The molecule has 1 N–H and O–H groups in total. The molecular weight excluding hydrogens is 248 g/mol. The Hall–Kier alpha value is -1.36. The largest absolute Gasteiger partial charge is 0.481 e. The van der Waals surface area contributed by atoms with Crippen LogP contribution >= 0.6 is 11.3 Å². The Bertz CT molecular complexity index is 567. The number of fused-ring (bicyclic) bond motifs is 1. The van der Waals surface area contributed by atoms with E-state index < -0.39 is 5.97 Å². The summed E-state index contributed by atoms with van der Waals surface area (Å²) in [7, 11) is 0. The van der Waals surface area contributed by atoms with Crippen LogP contribution < -0.4 is 0 Å². The van der Waals surface area contributed by atoms with Crippen molar-refractivity contribution < 1.29 is 9.90 Å². The van der Waals surface area contributed by atoms with Crippen molar-refractivity contribution in [3.63, 3.8) is 0 Å². The summed E-state index contributed by atoms with van der Waals surface area (Å²) in [6, 6.07) is 0. The molecule has 18 heavy (non-hydrogen) atoms. The Morgan fingerprint density at radius 1 is 1.44 bits per heavy atom. The molecule has 1 saturated carbocycles. The molecule has 3 rings (SSSR count). The molecule has 0 radical (unpaired) electrons. The molecule has 0 aliphatic heterocycles. The van der Waals surface area contributed by atoms with Crippen molar-refractivity contribution in [1.82, 2.24) is 9.38 Å². The highest BCUT2D eigenvalue weighted by Gasteiger charge is 2.19. The minimum Gasteiger partial charge on any atom is -0.481 e. The number of aliphatic carboxylic acids is 1. The van der Waals surface area contributed by atoms with Gasteiger partial charge in [0.15, 0.2) is 4.96 Å². The minimum atomic E-state index is -0.789. The van der Waals surface area contributed by atoms with Gasteiger partial charge in [0, 0.05) is 23.2 Å².